The van der Waals surface area contributed by atoms with Gasteiger partial charge in [0.1, 0.15) is 0 Å². The minimum Gasteiger partial charge on any atom is -0.376 e. The number of aromatic amines is 1. The summed E-state index contributed by atoms with van der Waals surface area (Å²) in [6.45, 7) is 1.72. The molecule has 3 aromatic rings. The van der Waals surface area contributed by atoms with Crippen molar-refractivity contribution in [2.45, 2.75) is 31.8 Å². The van der Waals surface area contributed by atoms with Crippen LogP contribution in [-0.2, 0) is 11.2 Å². The highest BCUT2D eigenvalue weighted by Gasteiger charge is 2.32. The molecule has 5 rings (SSSR count). The van der Waals surface area contributed by atoms with Crippen LogP contribution in [0, 0.1) is 5.92 Å². The minimum atomic E-state index is -0.218. The number of H-pyrrole nitrogens is 1. The molecule has 4 N–H and O–H groups in total. The highest BCUT2D eigenvalue weighted by Crippen LogP contribution is 2.39. The SMILES string of the molecule is O=C(NCC1CC(=O)c2c([nH]c(-c3ccncc3)c2Nc2ccccc2)C1)NCC1CCCO1. The number of nitrogens with zero attached hydrogens (tertiary/aromatic N) is 1. The molecule has 2 amide bonds. The van der Waals surface area contributed by atoms with E-state index < -0.39 is 0 Å². The van der Waals surface area contributed by atoms with E-state index in [-0.39, 0.29) is 23.8 Å². The number of ether oxygens (including phenoxy) is 1. The Labute approximate surface area is 198 Å². The number of urea groups is 1. The fourth-order valence-electron chi connectivity index (χ4n) is 4.72. The Kier molecular flexibility index (Phi) is 6.58. The van der Waals surface area contributed by atoms with Crippen LogP contribution in [0.1, 0.15) is 35.3 Å². The largest absolute Gasteiger partial charge is 0.376 e. The zero-order valence-corrected chi connectivity index (χ0v) is 19.0. The number of anilines is 2. The van der Waals surface area contributed by atoms with Gasteiger partial charge in [-0.25, -0.2) is 4.79 Å². The Balaban J connectivity index is 1.31. The molecule has 2 aliphatic rings. The average molecular weight is 460 g/mol. The first-order chi connectivity index (χ1) is 16.7. The van der Waals surface area contributed by atoms with Crippen LogP contribution in [0.2, 0.25) is 0 Å². The van der Waals surface area contributed by atoms with Gasteiger partial charge in [-0.3, -0.25) is 9.78 Å². The summed E-state index contributed by atoms with van der Waals surface area (Å²) in [5.74, 6) is 0.102. The van der Waals surface area contributed by atoms with E-state index in [1.54, 1.807) is 12.4 Å². The van der Waals surface area contributed by atoms with Gasteiger partial charge in [0.15, 0.2) is 5.78 Å². The molecular weight excluding hydrogens is 430 g/mol. The lowest BCUT2D eigenvalue weighted by atomic mass is 9.86. The molecular formula is C26H29N5O3. The van der Waals surface area contributed by atoms with Crippen molar-refractivity contribution in [3.8, 4) is 11.3 Å². The van der Waals surface area contributed by atoms with E-state index in [4.69, 9.17) is 4.74 Å². The molecule has 1 saturated heterocycles. The van der Waals surface area contributed by atoms with Gasteiger partial charge >= 0.3 is 6.03 Å². The van der Waals surface area contributed by atoms with Crippen LogP contribution in [0.15, 0.2) is 54.9 Å². The van der Waals surface area contributed by atoms with Crippen molar-refractivity contribution in [3.63, 3.8) is 0 Å². The van der Waals surface area contributed by atoms with Gasteiger partial charge in [-0.05, 0) is 49.4 Å². The molecule has 176 valence electrons. The Morgan fingerprint density at radius 1 is 1.06 bits per heavy atom. The molecule has 1 aromatic carbocycles. The molecule has 1 fully saturated rings. The van der Waals surface area contributed by atoms with E-state index in [0.717, 1.165) is 47.8 Å². The fraction of sp³-hybridized carbons (Fsp3) is 0.346. The third kappa shape index (κ3) is 4.97. The maximum Gasteiger partial charge on any atom is 0.314 e. The van der Waals surface area contributed by atoms with Crippen LogP contribution in [0.25, 0.3) is 11.3 Å². The smallest absolute Gasteiger partial charge is 0.314 e. The normalized spacial score (nSPS) is 19.5. The molecule has 0 radical (unpaired) electrons. The number of Topliss-reactive ketones (excluding diaryl/α,β-unsaturated/α-hetero) is 1. The lowest BCUT2D eigenvalue weighted by molar-refractivity contribution is 0.0948. The number of pyridine rings is 1. The van der Waals surface area contributed by atoms with Crippen molar-refractivity contribution in [2.24, 2.45) is 5.92 Å². The number of fused-ring (bicyclic) bond motifs is 1. The summed E-state index contributed by atoms with van der Waals surface area (Å²) in [7, 11) is 0. The average Bonchev–Trinajstić information content (AvgIpc) is 3.51. The van der Waals surface area contributed by atoms with Gasteiger partial charge in [-0.2, -0.15) is 0 Å². The van der Waals surface area contributed by atoms with E-state index in [0.29, 0.717) is 31.5 Å². The van der Waals surface area contributed by atoms with Crippen molar-refractivity contribution < 1.29 is 14.3 Å². The first-order valence-electron chi connectivity index (χ1n) is 11.8. The van der Waals surface area contributed by atoms with Crippen LogP contribution < -0.4 is 16.0 Å². The highest BCUT2D eigenvalue weighted by molar-refractivity contribution is 6.07. The summed E-state index contributed by atoms with van der Waals surface area (Å²) in [6.07, 6.45) is 6.67. The molecule has 0 spiro atoms. The second-order valence-corrected chi connectivity index (χ2v) is 8.88. The van der Waals surface area contributed by atoms with Crippen molar-refractivity contribution in [1.82, 2.24) is 20.6 Å². The summed E-state index contributed by atoms with van der Waals surface area (Å²) in [5, 5.41) is 9.25. The van der Waals surface area contributed by atoms with Crippen LogP contribution in [0.4, 0.5) is 16.2 Å². The number of nitrogens with one attached hydrogen (secondary N) is 4. The number of aromatic nitrogens is 2. The minimum absolute atomic E-state index is 0.0296. The Hall–Kier alpha value is -3.65. The van der Waals surface area contributed by atoms with Crippen LogP contribution >= 0.6 is 0 Å². The van der Waals surface area contributed by atoms with E-state index in [1.807, 2.05) is 42.5 Å². The first kappa shape index (κ1) is 22.2. The molecule has 0 bridgehead atoms. The molecule has 1 aliphatic heterocycles. The van der Waals surface area contributed by atoms with E-state index in [9.17, 15) is 9.59 Å². The topological polar surface area (TPSA) is 108 Å². The number of carbonyl (C=O) groups is 2. The van der Waals surface area contributed by atoms with Crippen LogP contribution in [0.3, 0.4) is 0 Å². The zero-order chi connectivity index (χ0) is 23.3. The standard InChI is InChI=1S/C26H29N5O3/c32-22-14-17(15-28-26(33)29-16-20-7-4-12-34-20)13-21-23(22)25(30-19-5-2-1-3-6-19)24(31-21)18-8-10-27-11-9-18/h1-3,5-6,8-11,17,20,30-31H,4,7,12-16H2,(H2,28,29,33). The molecule has 0 saturated carbocycles. The van der Waals surface area contributed by atoms with Gasteiger partial charge in [-0.1, -0.05) is 18.2 Å². The zero-order valence-electron chi connectivity index (χ0n) is 19.0. The summed E-state index contributed by atoms with van der Waals surface area (Å²) in [4.78, 5) is 33.1. The molecule has 3 heterocycles. The van der Waals surface area contributed by atoms with Crippen molar-refractivity contribution >= 4 is 23.2 Å². The fourth-order valence-corrected chi connectivity index (χ4v) is 4.72. The van der Waals surface area contributed by atoms with Gasteiger partial charge in [0, 0.05) is 55.5 Å². The number of rotatable bonds is 7. The molecule has 2 atom stereocenters. The van der Waals surface area contributed by atoms with Crippen molar-refractivity contribution in [2.75, 3.05) is 25.0 Å². The summed E-state index contributed by atoms with van der Waals surface area (Å²) in [6, 6.07) is 13.5. The van der Waals surface area contributed by atoms with E-state index in [2.05, 4.69) is 25.9 Å². The molecule has 34 heavy (non-hydrogen) atoms. The third-order valence-corrected chi connectivity index (χ3v) is 6.40. The number of hydrogen-bond acceptors (Lipinski definition) is 5. The predicted octanol–water partition coefficient (Wildman–Crippen LogP) is 4.04. The third-order valence-electron chi connectivity index (χ3n) is 6.40. The number of ketones is 1. The van der Waals surface area contributed by atoms with Crippen molar-refractivity contribution in [1.29, 1.82) is 0 Å². The highest BCUT2D eigenvalue weighted by atomic mass is 16.5. The lowest BCUT2D eigenvalue weighted by Gasteiger charge is -2.22. The van der Waals surface area contributed by atoms with Gasteiger partial charge in [0.2, 0.25) is 0 Å². The van der Waals surface area contributed by atoms with E-state index >= 15 is 0 Å². The molecule has 8 heteroatoms. The maximum atomic E-state index is 13.3. The lowest BCUT2D eigenvalue weighted by Crippen LogP contribution is -2.42. The number of para-hydroxylation sites is 1. The van der Waals surface area contributed by atoms with Crippen molar-refractivity contribution in [3.05, 3.63) is 66.1 Å². The summed E-state index contributed by atoms with van der Waals surface area (Å²) < 4.78 is 5.54. The number of benzene rings is 1. The summed E-state index contributed by atoms with van der Waals surface area (Å²) in [5.41, 5.74) is 5.13. The van der Waals surface area contributed by atoms with Gasteiger partial charge in [-0.15, -0.1) is 0 Å². The Morgan fingerprint density at radius 2 is 1.85 bits per heavy atom. The van der Waals surface area contributed by atoms with Gasteiger partial charge in [0.25, 0.3) is 0 Å². The van der Waals surface area contributed by atoms with Crippen LogP contribution in [0.5, 0.6) is 0 Å². The summed E-state index contributed by atoms with van der Waals surface area (Å²) >= 11 is 0. The molecule has 1 aliphatic carbocycles. The predicted molar refractivity (Wildman–Crippen MR) is 130 cm³/mol. The second kappa shape index (κ2) is 10.1. The van der Waals surface area contributed by atoms with Crippen LogP contribution in [-0.4, -0.2) is 47.6 Å². The number of hydrogen-bond donors (Lipinski definition) is 4. The number of carbonyl (C=O) groups excluding carboxylic acids is 2. The Bertz CT molecular complexity index is 1140. The maximum absolute atomic E-state index is 13.3. The van der Waals surface area contributed by atoms with Gasteiger partial charge < -0.3 is 25.7 Å². The first-order valence-corrected chi connectivity index (χ1v) is 11.8. The monoisotopic (exact) mass is 459 g/mol. The molecule has 2 aromatic heterocycles. The van der Waals surface area contributed by atoms with Gasteiger partial charge in [0.05, 0.1) is 23.0 Å². The second-order valence-electron chi connectivity index (χ2n) is 8.88. The molecule has 8 nitrogen and oxygen atoms in total. The Morgan fingerprint density at radius 3 is 2.62 bits per heavy atom. The van der Waals surface area contributed by atoms with E-state index in [1.165, 1.54) is 0 Å². The quantitative estimate of drug-likeness (QED) is 0.426. The molecule has 2 unspecified atom stereocenters. The number of amides is 2.